The van der Waals surface area contributed by atoms with Crippen LogP contribution in [0, 0.1) is 11.6 Å². The molecular weight excluding hydrogens is 408 g/mol. The lowest BCUT2D eigenvalue weighted by Crippen LogP contribution is -2.19. The highest BCUT2D eigenvalue weighted by atomic mass is 19.2. The Morgan fingerprint density at radius 3 is 2.19 bits per heavy atom. The lowest BCUT2D eigenvalue weighted by Gasteiger charge is -2.10. The number of hydrogen-bond donors (Lipinski definition) is 4. The number of carbonyl (C=O) groups is 2. The van der Waals surface area contributed by atoms with Crippen LogP contribution < -0.4 is 21.7 Å². The first-order chi connectivity index (χ1) is 14.9. The predicted octanol–water partition coefficient (Wildman–Crippen LogP) is 4.58. The Hall–Kier alpha value is -4.47. The second kappa shape index (κ2) is 8.11. The molecule has 0 unspecified atom stereocenters. The molecule has 4 aromatic rings. The van der Waals surface area contributed by atoms with Crippen LogP contribution in [0.15, 0.2) is 65.2 Å². The Morgan fingerprint density at radius 1 is 0.839 bits per heavy atom. The number of amides is 3. The Balaban J connectivity index is 1.41. The van der Waals surface area contributed by atoms with E-state index in [9.17, 15) is 18.4 Å². The van der Waals surface area contributed by atoms with Crippen LogP contribution in [0.1, 0.15) is 10.4 Å². The second-order valence-corrected chi connectivity index (χ2v) is 6.49. The summed E-state index contributed by atoms with van der Waals surface area (Å²) in [6.07, 6.45) is 0. The van der Waals surface area contributed by atoms with Gasteiger partial charge in [-0.25, -0.2) is 13.6 Å². The number of carbonyl (C=O) groups excluding carboxylic acids is 2. The molecule has 3 amide bonds. The van der Waals surface area contributed by atoms with Crippen molar-refractivity contribution in [2.24, 2.45) is 0 Å². The third-order valence-corrected chi connectivity index (χ3v) is 4.35. The normalized spacial score (nSPS) is 10.6. The highest BCUT2D eigenvalue weighted by Crippen LogP contribution is 2.25. The zero-order valence-corrected chi connectivity index (χ0v) is 15.8. The highest BCUT2D eigenvalue weighted by molar-refractivity contribution is 6.14. The molecule has 3 aromatic carbocycles. The number of rotatable bonds is 4. The van der Waals surface area contributed by atoms with Gasteiger partial charge in [-0.1, -0.05) is 11.2 Å². The number of nitrogens with one attached hydrogen (secondary N) is 3. The maximum Gasteiger partial charge on any atom is 0.323 e. The number of halogens is 2. The number of nitrogens with zero attached hydrogens (tertiary/aromatic N) is 1. The van der Waals surface area contributed by atoms with Gasteiger partial charge >= 0.3 is 6.03 Å². The fraction of sp³-hybridized carbons (Fsp3) is 0. The van der Waals surface area contributed by atoms with Crippen molar-refractivity contribution in [3.63, 3.8) is 0 Å². The summed E-state index contributed by atoms with van der Waals surface area (Å²) < 4.78 is 31.2. The molecular formula is C21H15F2N5O3. The minimum atomic E-state index is -1.07. The summed E-state index contributed by atoms with van der Waals surface area (Å²) >= 11 is 0. The van der Waals surface area contributed by atoms with Crippen LogP contribution in [-0.4, -0.2) is 17.1 Å². The maximum absolute atomic E-state index is 13.2. The number of urea groups is 1. The maximum atomic E-state index is 13.2. The molecule has 156 valence electrons. The molecule has 0 saturated heterocycles. The molecule has 8 nitrogen and oxygen atoms in total. The van der Waals surface area contributed by atoms with E-state index in [0.29, 0.717) is 27.9 Å². The summed E-state index contributed by atoms with van der Waals surface area (Å²) in [5.74, 6) is -2.36. The first kappa shape index (κ1) is 19.8. The Morgan fingerprint density at radius 2 is 1.48 bits per heavy atom. The Kier molecular flexibility index (Phi) is 5.19. The molecule has 0 aliphatic rings. The number of aromatic nitrogens is 1. The van der Waals surface area contributed by atoms with Gasteiger partial charge in [-0.3, -0.25) is 4.79 Å². The number of hydrogen-bond acceptors (Lipinski definition) is 5. The van der Waals surface area contributed by atoms with Crippen molar-refractivity contribution >= 4 is 45.8 Å². The van der Waals surface area contributed by atoms with Gasteiger partial charge in [0, 0.05) is 23.1 Å². The third kappa shape index (κ3) is 4.27. The van der Waals surface area contributed by atoms with E-state index >= 15 is 0 Å². The molecule has 0 bridgehead atoms. The van der Waals surface area contributed by atoms with Gasteiger partial charge in [0.15, 0.2) is 23.0 Å². The standard InChI is InChI=1S/C21H15F2N5O3/c22-15-9-8-13(10-16(15)23)27-21(30)26-12-6-4-11(5-7-12)25-20(29)14-2-1-3-17-18(14)19(24)28-31-17/h1-10H,(H2,24,28)(H,25,29)(H2,26,27,30). The summed E-state index contributed by atoms with van der Waals surface area (Å²) in [7, 11) is 0. The van der Waals surface area contributed by atoms with E-state index in [1.54, 1.807) is 42.5 Å². The molecule has 0 fully saturated rings. The SMILES string of the molecule is Nc1noc2cccc(C(=O)Nc3ccc(NC(=O)Nc4ccc(F)c(F)c4)cc3)c12. The van der Waals surface area contributed by atoms with Crippen molar-refractivity contribution in [3.05, 3.63) is 77.9 Å². The van der Waals surface area contributed by atoms with Crippen LogP contribution in [0.25, 0.3) is 11.0 Å². The van der Waals surface area contributed by atoms with Gasteiger partial charge in [0.1, 0.15) is 0 Å². The first-order valence-electron chi connectivity index (χ1n) is 8.99. The average molecular weight is 423 g/mol. The van der Waals surface area contributed by atoms with Gasteiger partial charge in [-0.05, 0) is 48.5 Å². The molecule has 0 saturated carbocycles. The Bertz CT molecular complexity index is 1290. The number of nitrogen functional groups attached to an aromatic ring is 1. The number of anilines is 4. The highest BCUT2D eigenvalue weighted by Gasteiger charge is 2.16. The molecule has 10 heteroatoms. The zero-order valence-electron chi connectivity index (χ0n) is 15.8. The molecule has 0 spiro atoms. The van der Waals surface area contributed by atoms with Crippen LogP contribution in [0.5, 0.6) is 0 Å². The van der Waals surface area contributed by atoms with Gasteiger partial charge in [0.2, 0.25) is 0 Å². The molecule has 4 rings (SSSR count). The fourth-order valence-electron chi connectivity index (χ4n) is 2.91. The van der Waals surface area contributed by atoms with Crippen molar-refractivity contribution < 1.29 is 22.9 Å². The van der Waals surface area contributed by atoms with E-state index in [1.165, 1.54) is 6.07 Å². The molecule has 0 aliphatic heterocycles. The van der Waals surface area contributed by atoms with Crippen LogP contribution in [0.4, 0.5) is 36.5 Å². The quantitative estimate of drug-likeness (QED) is 0.383. The van der Waals surface area contributed by atoms with Crippen molar-refractivity contribution in [1.29, 1.82) is 0 Å². The lowest BCUT2D eigenvalue weighted by atomic mass is 10.1. The van der Waals surface area contributed by atoms with E-state index in [2.05, 4.69) is 21.1 Å². The third-order valence-electron chi connectivity index (χ3n) is 4.35. The molecule has 1 aromatic heterocycles. The number of fused-ring (bicyclic) bond motifs is 1. The van der Waals surface area contributed by atoms with E-state index in [-0.39, 0.29) is 11.5 Å². The largest absolute Gasteiger partial charge is 0.380 e. The summed E-state index contributed by atoms with van der Waals surface area (Å²) in [6, 6.07) is 13.6. The number of nitrogens with two attached hydrogens (primary N) is 1. The lowest BCUT2D eigenvalue weighted by molar-refractivity contribution is 0.102. The van der Waals surface area contributed by atoms with E-state index in [1.807, 2.05) is 0 Å². The van der Waals surface area contributed by atoms with E-state index in [4.69, 9.17) is 10.3 Å². The minimum Gasteiger partial charge on any atom is -0.380 e. The smallest absolute Gasteiger partial charge is 0.323 e. The average Bonchev–Trinajstić information content (AvgIpc) is 3.13. The van der Waals surface area contributed by atoms with Gasteiger partial charge < -0.3 is 26.2 Å². The summed E-state index contributed by atoms with van der Waals surface area (Å²) in [5, 5.41) is 11.8. The van der Waals surface area contributed by atoms with E-state index in [0.717, 1.165) is 12.1 Å². The Labute approximate surface area is 174 Å². The van der Waals surface area contributed by atoms with Crippen LogP contribution in [0.2, 0.25) is 0 Å². The molecule has 0 atom stereocenters. The van der Waals surface area contributed by atoms with Crippen molar-refractivity contribution in [2.75, 3.05) is 21.7 Å². The van der Waals surface area contributed by atoms with Crippen molar-refractivity contribution in [3.8, 4) is 0 Å². The molecule has 0 radical (unpaired) electrons. The van der Waals surface area contributed by atoms with Gasteiger partial charge in [0.05, 0.1) is 10.9 Å². The van der Waals surface area contributed by atoms with Crippen LogP contribution >= 0.6 is 0 Å². The van der Waals surface area contributed by atoms with Gasteiger partial charge in [-0.2, -0.15) is 0 Å². The molecule has 5 N–H and O–H groups in total. The van der Waals surface area contributed by atoms with Gasteiger partial charge in [-0.15, -0.1) is 0 Å². The summed E-state index contributed by atoms with van der Waals surface area (Å²) in [5.41, 5.74) is 7.48. The monoisotopic (exact) mass is 423 g/mol. The molecule has 31 heavy (non-hydrogen) atoms. The number of benzene rings is 3. The van der Waals surface area contributed by atoms with Gasteiger partial charge in [0.25, 0.3) is 5.91 Å². The summed E-state index contributed by atoms with van der Waals surface area (Å²) in [6.45, 7) is 0. The van der Waals surface area contributed by atoms with Crippen LogP contribution in [0.3, 0.4) is 0 Å². The van der Waals surface area contributed by atoms with Crippen molar-refractivity contribution in [1.82, 2.24) is 5.16 Å². The first-order valence-corrected chi connectivity index (χ1v) is 8.99. The summed E-state index contributed by atoms with van der Waals surface area (Å²) in [4.78, 5) is 24.6. The van der Waals surface area contributed by atoms with Crippen molar-refractivity contribution in [2.45, 2.75) is 0 Å². The minimum absolute atomic E-state index is 0.0995. The topological polar surface area (TPSA) is 122 Å². The van der Waals surface area contributed by atoms with E-state index < -0.39 is 23.6 Å². The zero-order chi connectivity index (χ0) is 22.0. The molecule has 0 aliphatic carbocycles. The molecule has 1 heterocycles. The predicted molar refractivity (Wildman–Crippen MR) is 112 cm³/mol. The van der Waals surface area contributed by atoms with Crippen LogP contribution in [-0.2, 0) is 0 Å². The fourth-order valence-corrected chi connectivity index (χ4v) is 2.91. The second-order valence-electron chi connectivity index (χ2n) is 6.49.